The van der Waals surface area contributed by atoms with Crippen LogP contribution in [-0.2, 0) is 11.8 Å². The van der Waals surface area contributed by atoms with E-state index in [0.29, 0.717) is 22.6 Å². The summed E-state index contributed by atoms with van der Waals surface area (Å²) >= 11 is 0. The highest BCUT2D eigenvalue weighted by molar-refractivity contribution is 6.12. The van der Waals surface area contributed by atoms with Crippen LogP contribution in [0.5, 0.6) is 0 Å². The number of carbonyl (C=O) groups excluding carboxylic acids is 2. The lowest BCUT2D eigenvalue weighted by Crippen LogP contribution is -2.16. The van der Waals surface area contributed by atoms with E-state index in [9.17, 15) is 14.4 Å². The van der Waals surface area contributed by atoms with Crippen molar-refractivity contribution in [2.24, 2.45) is 7.05 Å². The van der Waals surface area contributed by atoms with E-state index in [4.69, 9.17) is 4.74 Å². The number of amides is 1. The predicted octanol–water partition coefficient (Wildman–Crippen LogP) is 2.39. The van der Waals surface area contributed by atoms with Gasteiger partial charge in [-0.3, -0.25) is 19.4 Å². The minimum Gasteiger partial charge on any atom is -0.459 e. The van der Waals surface area contributed by atoms with Gasteiger partial charge in [0, 0.05) is 18.4 Å². The summed E-state index contributed by atoms with van der Waals surface area (Å²) in [6.07, 6.45) is -0.210. The van der Waals surface area contributed by atoms with Crippen LogP contribution in [0.2, 0.25) is 0 Å². The fourth-order valence-electron chi connectivity index (χ4n) is 2.73. The maximum Gasteiger partial charge on any atom is 0.338 e. The highest BCUT2D eigenvalue weighted by Crippen LogP contribution is 2.17. The summed E-state index contributed by atoms with van der Waals surface area (Å²) in [6, 6.07) is 7.93. The molecule has 27 heavy (non-hydrogen) atoms. The van der Waals surface area contributed by atoms with Crippen LogP contribution in [0.1, 0.15) is 40.3 Å². The largest absolute Gasteiger partial charge is 0.459 e. The zero-order valence-corrected chi connectivity index (χ0v) is 15.5. The number of aromatic amines is 1. The summed E-state index contributed by atoms with van der Waals surface area (Å²) in [5, 5.41) is 5.58. The number of rotatable bonds is 4. The third kappa shape index (κ3) is 3.74. The lowest BCUT2D eigenvalue weighted by molar-refractivity contribution is 0.0378. The summed E-state index contributed by atoms with van der Waals surface area (Å²) in [5.74, 6) is -0.857. The number of nitrogens with zero attached hydrogens (tertiary/aromatic N) is 2. The van der Waals surface area contributed by atoms with E-state index in [0.717, 1.165) is 0 Å². The molecule has 0 aliphatic heterocycles. The van der Waals surface area contributed by atoms with Crippen LogP contribution in [0.3, 0.4) is 0 Å². The Kier molecular flexibility index (Phi) is 4.81. The average molecular weight is 368 g/mol. The maximum absolute atomic E-state index is 12.7. The van der Waals surface area contributed by atoms with Gasteiger partial charge < -0.3 is 10.1 Å². The van der Waals surface area contributed by atoms with Gasteiger partial charge in [-0.1, -0.05) is 0 Å². The molecule has 3 aromatic rings. The second kappa shape index (κ2) is 7.06. The molecule has 1 aromatic carbocycles. The molecule has 140 valence electrons. The molecule has 0 saturated carbocycles. The van der Waals surface area contributed by atoms with Crippen LogP contribution in [-0.4, -0.2) is 32.7 Å². The van der Waals surface area contributed by atoms with E-state index in [2.05, 4.69) is 15.4 Å². The highest BCUT2D eigenvalue weighted by Gasteiger charge is 2.18. The van der Waals surface area contributed by atoms with Gasteiger partial charge in [0.15, 0.2) is 5.65 Å². The number of H-pyrrole nitrogens is 1. The van der Waals surface area contributed by atoms with Crippen molar-refractivity contribution in [2.45, 2.75) is 26.9 Å². The van der Waals surface area contributed by atoms with E-state index >= 15 is 0 Å². The number of hydrogen-bond acceptors (Lipinski definition) is 5. The molecule has 0 fully saturated rings. The molecule has 8 nitrogen and oxygen atoms in total. The van der Waals surface area contributed by atoms with Crippen LogP contribution in [0.25, 0.3) is 11.0 Å². The number of carbonyl (C=O) groups is 2. The minimum atomic E-state index is -0.431. The van der Waals surface area contributed by atoms with Crippen molar-refractivity contribution in [3.63, 3.8) is 0 Å². The molecule has 1 amide bonds. The topological polar surface area (TPSA) is 106 Å². The van der Waals surface area contributed by atoms with Crippen molar-refractivity contribution in [1.29, 1.82) is 0 Å². The van der Waals surface area contributed by atoms with Crippen molar-refractivity contribution in [1.82, 2.24) is 14.8 Å². The number of ether oxygens (including phenoxy) is 1. The first-order valence-corrected chi connectivity index (χ1v) is 8.45. The number of aromatic nitrogens is 3. The van der Waals surface area contributed by atoms with Crippen molar-refractivity contribution in [3.05, 3.63) is 57.5 Å². The van der Waals surface area contributed by atoms with Crippen LogP contribution >= 0.6 is 0 Å². The van der Waals surface area contributed by atoms with Crippen molar-refractivity contribution >= 4 is 28.6 Å². The Balaban J connectivity index is 1.87. The average Bonchev–Trinajstić information content (AvgIpc) is 2.88. The summed E-state index contributed by atoms with van der Waals surface area (Å²) in [5.41, 5.74) is 1.78. The number of benzene rings is 1. The molecular weight excluding hydrogens is 348 g/mol. The summed E-state index contributed by atoms with van der Waals surface area (Å²) in [4.78, 5) is 41.0. The first kappa shape index (κ1) is 18.4. The highest BCUT2D eigenvalue weighted by atomic mass is 16.5. The molecule has 2 N–H and O–H groups in total. The molecule has 2 aromatic heterocycles. The van der Waals surface area contributed by atoms with Gasteiger partial charge >= 0.3 is 5.97 Å². The Morgan fingerprint density at radius 1 is 1.22 bits per heavy atom. The van der Waals surface area contributed by atoms with E-state index in [1.54, 1.807) is 58.2 Å². The van der Waals surface area contributed by atoms with Crippen LogP contribution in [0.4, 0.5) is 5.69 Å². The van der Waals surface area contributed by atoms with Crippen LogP contribution < -0.4 is 10.9 Å². The Morgan fingerprint density at radius 3 is 2.52 bits per heavy atom. The van der Waals surface area contributed by atoms with Gasteiger partial charge in [0.2, 0.25) is 0 Å². The SMILES string of the molecule is Cc1cc(C(=O)Nc2ccc(C(=O)OC(C)C)cc2)c2c(=O)[nH]n(C)c2n1. The molecule has 0 atom stereocenters. The number of aryl methyl sites for hydroxylation is 2. The second-order valence-electron chi connectivity index (χ2n) is 6.50. The van der Waals surface area contributed by atoms with Gasteiger partial charge in [0.05, 0.1) is 22.6 Å². The second-order valence-corrected chi connectivity index (χ2v) is 6.50. The lowest BCUT2D eigenvalue weighted by atomic mass is 10.1. The number of pyridine rings is 1. The van der Waals surface area contributed by atoms with Gasteiger partial charge in [-0.2, -0.15) is 0 Å². The van der Waals surface area contributed by atoms with Crippen molar-refractivity contribution < 1.29 is 14.3 Å². The molecule has 0 radical (unpaired) electrons. The lowest BCUT2D eigenvalue weighted by Gasteiger charge is -2.09. The van der Waals surface area contributed by atoms with Gasteiger partial charge in [0.25, 0.3) is 11.5 Å². The quantitative estimate of drug-likeness (QED) is 0.688. The molecule has 3 rings (SSSR count). The number of nitrogens with one attached hydrogen (secondary N) is 2. The van der Waals surface area contributed by atoms with E-state index < -0.39 is 11.9 Å². The Morgan fingerprint density at radius 2 is 1.89 bits per heavy atom. The smallest absolute Gasteiger partial charge is 0.338 e. The number of esters is 1. The van der Waals surface area contributed by atoms with Gasteiger partial charge in [-0.25, -0.2) is 9.78 Å². The third-order valence-electron chi connectivity index (χ3n) is 3.91. The Bertz CT molecular complexity index is 1080. The van der Waals surface area contributed by atoms with Crippen LogP contribution in [0.15, 0.2) is 35.1 Å². The van der Waals surface area contributed by atoms with Crippen LogP contribution in [0, 0.1) is 6.92 Å². The van der Waals surface area contributed by atoms with Crippen molar-refractivity contribution in [3.8, 4) is 0 Å². The molecule has 0 saturated heterocycles. The molecular formula is C19H20N4O4. The Hall–Kier alpha value is -3.42. The monoisotopic (exact) mass is 368 g/mol. The van der Waals surface area contributed by atoms with E-state index in [1.807, 2.05) is 0 Å². The summed E-state index contributed by atoms with van der Waals surface area (Å²) < 4.78 is 6.61. The maximum atomic E-state index is 12.7. The van der Waals surface area contributed by atoms with E-state index in [-0.39, 0.29) is 22.6 Å². The molecule has 0 aliphatic rings. The molecule has 0 spiro atoms. The number of hydrogen-bond donors (Lipinski definition) is 2. The molecule has 2 heterocycles. The fraction of sp³-hybridized carbons (Fsp3) is 0.263. The fourth-order valence-corrected chi connectivity index (χ4v) is 2.73. The van der Waals surface area contributed by atoms with E-state index in [1.165, 1.54) is 4.68 Å². The summed E-state index contributed by atoms with van der Waals surface area (Å²) in [6.45, 7) is 5.30. The predicted molar refractivity (Wildman–Crippen MR) is 101 cm³/mol. The molecule has 0 aliphatic carbocycles. The normalized spacial score (nSPS) is 11.0. The third-order valence-corrected chi connectivity index (χ3v) is 3.91. The molecule has 8 heteroatoms. The van der Waals surface area contributed by atoms with Gasteiger partial charge in [0.1, 0.15) is 0 Å². The van der Waals surface area contributed by atoms with Gasteiger partial charge in [-0.05, 0) is 51.1 Å². The van der Waals surface area contributed by atoms with Gasteiger partial charge in [-0.15, -0.1) is 0 Å². The minimum absolute atomic E-state index is 0.210. The molecule has 0 bridgehead atoms. The first-order valence-electron chi connectivity index (χ1n) is 8.45. The zero-order valence-electron chi connectivity index (χ0n) is 15.5. The molecule has 0 unspecified atom stereocenters. The van der Waals surface area contributed by atoms with Crippen molar-refractivity contribution in [2.75, 3.05) is 5.32 Å². The first-order chi connectivity index (χ1) is 12.8. The standard InChI is InChI=1S/C19H20N4O4/c1-10(2)27-19(26)12-5-7-13(8-6-12)21-17(24)14-9-11(3)20-16-15(14)18(25)22-23(16)4/h5-10H,1-4H3,(H,21,24)(H,22,25). The summed E-state index contributed by atoms with van der Waals surface area (Å²) in [7, 11) is 1.66. The number of anilines is 1. The zero-order chi connectivity index (χ0) is 19.7. The Labute approximate surface area is 155 Å². The number of fused-ring (bicyclic) bond motifs is 1.